The van der Waals surface area contributed by atoms with Crippen LogP contribution in [0.5, 0.6) is 0 Å². The molecule has 5 heteroatoms. The van der Waals surface area contributed by atoms with Crippen LogP contribution < -0.4 is 5.32 Å². The van der Waals surface area contributed by atoms with E-state index in [9.17, 15) is 4.79 Å². The van der Waals surface area contributed by atoms with Gasteiger partial charge >= 0.3 is 0 Å². The van der Waals surface area contributed by atoms with Crippen molar-refractivity contribution in [3.05, 3.63) is 95.3 Å². The highest BCUT2D eigenvalue weighted by molar-refractivity contribution is 6.01. The summed E-state index contributed by atoms with van der Waals surface area (Å²) in [6.45, 7) is 6.05. The van der Waals surface area contributed by atoms with E-state index in [0.717, 1.165) is 33.6 Å². The minimum Gasteiger partial charge on any atom is -0.319 e. The van der Waals surface area contributed by atoms with Gasteiger partial charge in [-0.1, -0.05) is 59.7 Å². The molecule has 0 bridgehead atoms. The molecular formula is C24H22N4O. The molecule has 1 aromatic heterocycles. The molecule has 0 unspecified atom stereocenters. The molecule has 0 radical (unpaired) electrons. The number of carbonyl (C=O) groups excluding carboxylic acids is 1. The number of benzene rings is 3. The molecule has 4 aromatic rings. The fourth-order valence-electron chi connectivity index (χ4n) is 3.07. The number of carbonyl (C=O) groups is 1. The van der Waals surface area contributed by atoms with Crippen molar-refractivity contribution in [2.75, 3.05) is 5.32 Å². The van der Waals surface area contributed by atoms with Gasteiger partial charge in [-0.3, -0.25) is 4.79 Å². The number of nitrogens with zero attached hydrogens (tertiary/aromatic N) is 3. The summed E-state index contributed by atoms with van der Waals surface area (Å²) in [5, 5.41) is 7.40. The van der Waals surface area contributed by atoms with Gasteiger partial charge in [0.1, 0.15) is 0 Å². The van der Waals surface area contributed by atoms with Crippen LogP contribution in [-0.4, -0.2) is 20.7 Å². The van der Waals surface area contributed by atoms with Crippen molar-refractivity contribution in [3.63, 3.8) is 0 Å². The number of aryl methyl sites for hydroxylation is 3. The second-order valence-corrected chi connectivity index (χ2v) is 7.20. The van der Waals surface area contributed by atoms with E-state index in [-0.39, 0.29) is 11.7 Å². The van der Waals surface area contributed by atoms with Crippen LogP contribution in [0.3, 0.4) is 0 Å². The molecule has 0 fully saturated rings. The highest BCUT2D eigenvalue weighted by Crippen LogP contribution is 2.22. The van der Waals surface area contributed by atoms with E-state index in [4.69, 9.17) is 0 Å². The Morgan fingerprint density at radius 3 is 2.14 bits per heavy atom. The molecule has 5 nitrogen and oxygen atoms in total. The molecule has 29 heavy (non-hydrogen) atoms. The minimum absolute atomic E-state index is 0.127. The number of rotatable bonds is 4. The zero-order valence-corrected chi connectivity index (χ0v) is 16.7. The van der Waals surface area contributed by atoms with Crippen molar-refractivity contribution in [1.82, 2.24) is 14.8 Å². The van der Waals surface area contributed by atoms with Crippen LogP contribution in [0.1, 0.15) is 27.3 Å². The molecule has 0 aliphatic heterocycles. The Morgan fingerprint density at radius 2 is 1.48 bits per heavy atom. The van der Waals surface area contributed by atoms with E-state index < -0.39 is 0 Å². The minimum atomic E-state index is -0.338. The zero-order chi connectivity index (χ0) is 20.4. The van der Waals surface area contributed by atoms with E-state index in [1.54, 1.807) is 4.68 Å². The Hall–Kier alpha value is -3.73. The summed E-state index contributed by atoms with van der Waals surface area (Å²) in [7, 11) is 0. The molecule has 1 N–H and O–H groups in total. The summed E-state index contributed by atoms with van der Waals surface area (Å²) in [5.74, 6) is 0.417. The van der Waals surface area contributed by atoms with Gasteiger partial charge in [0.05, 0.1) is 5.69 Å². The fourth-order valence-corrected chi connectivity index (χ4v) is 3.07. The first-order valence-corrected chi connectivity index (χ1v) is 9.49. The predicted octanol–water partition coefficient (Wildman–Crippen LogP) is 5.11. The third-order valence-corrected chi connectivity index (χ3v) is 4.67. The lowest BCUT2D eigenvalue weighted by atomic mass is 10.1. The van der Waals surface area contributed by atoms with E-state index in [1.165, 1.54) is 0 Å². The van der Waals surface area contributed by atoms with Crippen molar-refractivity contribution >= 4 is 11.6 Å². The van der Waals surface area contributed by atoms with Crippen LogP contribution in [0.15, 0.2) is 72.8 Å². The third-order valence-electron chi connectivity index (χ3n) is 4.67. The van der Waals surface area contributed by atoms with Gasteiger partial charge in [0.2, 0.25) is 5.82 Å². The summed E-state index contributed by atoms with van der Waals surface area (Å²) in [4.78, 5) is 17.4. The number of hydrogen-bond acceptors (Lipinski definition) is 3. The molecule has 1 heterocycles. The van der Waals surface area contributed by atoms with Crippen molar-refractivity contribution in [2.45, 2.75) is 20.8 Å². The Kier molecular flexibility index (Phi) is 4.96. The van der Waals surface area contributed by atoms with E-state index >= 15 is 0 Å². The monoisotopic (exact) mass is 382 g/mol. The molecule has 4 rings (SSSR count). The third kappa shape index (κ3) is 4.09. The highest BCUT2D eigenvalue weighted by atomic mass is 16.2. The molecule has 3 aromatic carbocycles. The van der Waals surface area contributed by atoms with Crippen molar-refractivity contribution in [2.24, 2.45) is 0 Å². The second-order valence-electron chi connectivity index (χ2n) is 7.20. The van der Waals surface area contributed by atoms with Gasteiger partial charge in [0.25, 0.3) is 5.91 Å². The molecule has 0 aliphatic carbocycles. The lowest BCUT2D eigenvalue weighted by molar-refractivity contribution is 0.101. The molecular weight excluding hydrogens is 360 g/mol. The summed E-state index contributed by atoms with van der Waals surface area (Å²) < 4.78 is 1.72. The number of anilines is 1. The molecule has 144 valence electrons. The van der Waals surface area contributed by atoms with Gasteiger partial charge in [-0.15, -0.1) is 5.10 Å². The summed E-state index contributed by atoms with van der Waals surface area (Å²) in [6.07, 6.45) is 0. The van der Waals surface area contributed by atoms with E-state index in [1.807, 2.05) is 93.6 Å². The fraction of sp³-hybridized carbons (Fsp3) is 0.125. The lowest BCUT2D eigenvalue weighted by Crippen LogP contribution is -2.14. The summed E-state index contributed by atoms with van der Waals surface area (Å²) in [5.41, 5.74) is 5.86. The predicted molar refractivity (Wildman–Crippen MR) is 115 cm³/mol. The number of nitrogens with one attached hydrogen (secondary N) is 1. The van der Waals surface area contributed by atoms with Crippen LogP contribution in [0.4, 0.5) is 5.69 Å². The molecule has 0 aliphatic rings. The maximum absolute atomic E-state index is 12.8. The van der Waals surface area contributed by atoms with E-state index in [0.29, 0.717) is 5.82 Å². The van der Waals surface area contributed by atoms with Gasteiger partial charge in [-0.2, -0.15) is 0 Å². The number of hydrogen-bond donors (Lipinski definition) is 1. The second kappa shape index (κ2) is 7.72. The highest BCUT2D eigenvalue weighted by Gasteiger charge is 2.19. The van der Waals surface area contributed by atoms with Crippen LogP contribution in [0, 0.1) is 20.8 Å². The normalized spacial score (nSPS) is 10.7. The van der Waals surface area contributed by atoms with Crippen LogP contribution in [0.2, 0.25) is 0 Å². The quantitative estimate of drug-likeness (QED) is 0.533. The molecule has 1 amide bonds. The van der Waals surface area contributed by atoms with Crippen molar-refractivity contribution in [1.29, 1.82) is 0 Å². The summed E-state index contributed by atoms with van der Waals surface area (Å²) >= 11 is 0. The SMILES string of the molecule is Cc1ccc(-c2nc(C(=O)Nc3cccc(C)c3)nn2-c2ccc(C)cc2)cc1. The Balaban J connectivity index is 1.75. The maximum Gasteiger partial charge on any atom is 0.295 e. The van der Waals surface area contributed by atoms with Gasteiger partial charge in [-0.05, 0) is 50.6 Å². The maximum atomic E-state index is 12.8. The largest absolute Gasteiger partial charge is 0.319 e. The molecule has 0 saturated heterocycles. The number of amides is 1. The Bertz CT molecular complexity index is 1100. The smallest absolute Gasteiger partial charge is 0.295 e. The molecule has 0 spiro atoms. The van der Waals surface area contributed by atoms with Crippen LogP contribution in [-0.2, 0) is 0 Å². The zero-order valence-electron chi connectivity index (χ0n) is 16.7. The van der Waals surface area contributed by atoms with Crippen LogP contribution >= 0.6 is 0 Å². The van der Waals surface area contributed by atoms with Crippen LogP contribution in [0.25, 0.3) is 17.1 Å². The Morgan fingerprint density at radius 1 is 0.828 bits per heavy atom. The van der Waals surface area contributed by atoms with Gasteiger partial charge < -0.3 is 5.32 Å². The van der Waals surface area contributed by atoms with Crippen molar-refractivity contribution in [3.8, 4) is 17.1 Å². The lowest BCUT2D eigenvalue weighted by Gasteiger charge is -2.06. The topological polar surface area (TPSA) is 59.8 Å². The first-order chi connectivity index (χ1) is 14.0. The average molecular weight is 382 g/mol. The van der Waals surface area contributed by atoms with Crippen molar-refractivity contribution < 1.29 is 4.79 Å². The van der Waals surface area contributed by atoms with Gasteiger partial charge in [0, 0.05) is 11.3 Å². The Labute approximate surface area is 170 Å². The number of aromatic nitrogens is 3. The standard InChI is InChI=1S/C24H22N4O/c1-16-7-11-19(12-8-16)23-26-22(24(29)25-20-6-4-5-18(3)15-20)27-28(23)21-13-9-17(2)10-14-21/h4-15H,1-3H3,(H,25,29). The van der Waals surface area contributed by atoms with E-state index in [2.05, 4.69) is 15.4 Å². The molecule has 0 saturated carbocycles. The van der Waals surface area contributed by atoms with Gasteiger partial charge in [0.15, 0.2) is 5.82 Å². The molecule has 0 atom stereocenters. The average Bonchev–Trinajstić information content (AvgIpc) is 3.15. The van der Waals surface area contributed by atoms with Gasteiger partial charge in [-0.25, -0.2) is 9.67 Å². The summed E-state index contributed by atoms with van der Waals surface area (Å²) in [6, 6.07) is 23.7. The first-order valence-electron chi connectivity index (χ1n) is 9.49. The first kappa shape index (κ1) is 18.6.